The molecule has 1 aromatic heterocycles. The number of piperidine rings is 2. The molecule has 0 saturated carbocycles. The van der Waals surface area contributed by atoms with Gasteiger partial charge in [-0.15, -0.1) is 0 Å². The number of rotatable bonds is 7. The number of likely N-dealkylation sites (tertiary alicyclic amines) is 2. The van der Waals surface area contributed by atoms with E-state index >= 15 is 0 Å². The summed E-state index contributed by atoms with van der Waals surface area (Å²) in [6.07, 6.45) is 5.34. The van der Waals surface area contributed by atoms with Gasteiger partial charge in [0.15, 0.2) is 0 Å². The second kappa shape index (κ2) is 11.7. The van der Waals surface area contributed by atoms with Crippen molar-refractivity contribution in [1.82, 2.24) is 14.8 Å². The highest BCUT2D eigenvalue weighted by Gasteiger charge is 2.32. The maximum atomic E-state index is 13.2. The second-order valence-electron chi connectivity index (χ2n) is 9.14. The Kier molecular flexibility index (Phi) is 8.40. The molecular formula is C26H34ClN5O2. The van der Waals surface area contributed by atoms with Crippen molar-refractivity contribution in [3.05, 3.63) is 58.7 Å². The Morgan fingerprint density at radius 2 is 1.76 bits per heavy atom. The van der Waals surface area contributed by atoms with E-state index in [4.69, 9.17) is 22.2 Å². The summed E-state index contributed by atoms with van der Waals surface area (Å²) in [5.74, 6) is 1.24. The van der Waals surface area contributed by atoms with E-state index in [1.54, 1.807) is 6.20 Å². The number of carbonyl (C=O) groups is 1. The maximum Gasteiger partial charge on any atom is 0.225 e. The van der Waals surface area contributed by atoms with Crippen molar-refractivity contribution < 1.29 is 9.63 Å². The molecule has 3 heterocycles. The second-order valence-corrected chi connectivity index (χ2v) is 9.58. The van der Waals surface area contributed by atoms with Gasteiger partial charge < -0.3 is 15.5 Å². The van der Waals surface area contributed by atoms with E-state index in [1.165, 1.54) is 5.56 Å². The van der Waals surface area contributed by atoms with Gasteiger partial charge >= 0.3 is 0 Å². The van der Waals surface area contributed by atoms with Crippen molar-refractivity contribution in [2.24, 2.45) is 17.0 Å². The lowest BCUT2D eigenvalue weighted by atomic mass is 9.87. The molecule has 7 nitrogen and oxygen atoms in total. The Bertz CT molecular complexity index is 981. The van der Waals surface area contributed by atoms with E-state index in [0.29, 0.717) is 23.4 Å². The summed E-state index contributed by atoms with van der Waals surface area (Å²) >= 11 is 6.06. The molecule has 2 aliphatic rings. The minimum Gasteiger partial charge on any atom is -0.396 e. The van der Waals surface area contributed by atoms with Crippen LogP contribution in [-0.4, -0.2) is 59.2 Å². The van der Waals surface area contributed by atoms with Crippen LogP contribution in [0.2, 0.25) is 5.02 Å². The van der Waals surface area contributed by atoms with E-state index < -0.39 is 0 Å². The number of carbonyl (C=O) groups excluding carboxylic acids is 1. The number of nitrogens with two attached hydrogens (primary N) is 1. The first-order valence-corrected chi connectivity index (χ1v) is 12.6. The largest absolute Gasteiger partial charge is 0.396 e. The molecule has 0 spiro atoms. The first kappa shape index (κ1) is 24.5. The van der Waals surface area contributed by atoms with Gasteiger partial charge in [0.1, 0.15) is 12.4 Å². The molecular weight excluding hydrogens is 450 g/mol. The molecule has 0 atom stereocenters. The van der Waals surface area contributed by atoms with E-state index in [0.717, 1.165) is 69.7 Å². The molecule has 34 heavy (non-hydrogen) atoms. The number of hydrogen-bond donors (Lipinski definition) is 1. The fraction of sp³-hybridized carbons (Fsp3) is 0.500. The minimum atomic E-state index is 0.114. The van der Waals surface area contributed by atoms with Crippen LogP contribution in [0.4, 0.5) is 5.82 Å². The lowest BCUT2D eigenvalue weighted by molar-refractivity contribution is -0.138. The van der Waals surface area contributed by atoms with E-state index in [-0.39, 0.29) is 11.8 Å². The fourth-order valence-corrected chi connectivity index (χ4v) is 5.06. The summed E-state index contributed by atoms with van der Waals surface area (Å²) in [5, 5.41) is 5.13. The molecule has 8 heteroatoms. The van der Waals surface area contributed by atoms with Gasteiger partial charge in [-0.2, -0.15) is 0 Å². The van der Waals surface area contributed by atoms with Crippen molar-refractivity contribution in [2.75, 3.05) is 38.5 Å². The normalized spacial score (nSPS) is 18.8. The molecule has 2 aromatic rings. The van der Waals surface area contributed by atoms with E-state index in [2.05, 4.69) is 19.9 Å². The molecule has 0 unspecified atom stereocenters. The molecule has 2 saturated heterocycles. The zero-order chi connectivity index (χ0) is 23.9. The number of oxime groups is 1. The highest BCUT2D eigenvalue weighted by atomic mass is 35.5. The molecule has 2 N–H and O–H groups in total. The van der Waals surface area contributed by atoms with Crippen molar-refractivity contribution in [3.8, 4) is 0 Å². The Morgan fingerprint density at radius 3 is 2.41 bits per heavy atom. The van der Waals surface area contributed by atoms with Gasteiger partial charge in [-0.05, 0) is 81.1 Å². The lowest BCUT2D eigenvalue weighted by Gasteiger charge is -2.37. The lowest BCUT2D eigenvalue weighted by Crippen LogP contribution is -2.46. The summed E-state index contributed by atoms with van der Waals surface area (Å²) in [4.78, 5) is 27.2. The van der Waals surface area contributed by atoms with Gasteiger partial charge in [0.2, 0.25) is 5.91 Å². The predicted molar refractivity (Wildman–Crippen MR) is 136 cm³/mol. The predicted octanol–water partition coefficient (Wildman–Crippen LogP) is 4.21. The van der Waals surface area contributed by atoms with Crippen molar-refractivity contribution in [2.45, 2.75) is 39.2 Å². The third kappa shape index (κ3) is 6.27. The number of amides is 1. The van der Waals surface area contributed by atoms with Crippen LogP contribution in [0.1, 0.15) is 43.7 Å². The standard InChI is InChI=1S/C26H34ClN5O2/c1-2-34-30-25(20-3-5-23(27)6-4-20)21-10-15-32(16-11-21)26(33)22-8-13-31(14-9-22)18-19-7-12-29-24(28)17-19/h3-7,12,17,21-22H,2,8-11,13-16,18H2,1H3,(H2,28,29). The smallest absolute Gasteiger partial charge is 0.225 e. The quantitative estimate of drug-likeness (QED) is 0.471. The minimum absolute atomic E-state index is 0.114. The summed E-state index contributed by atoms with van der Waals surface area (Å²) < 4.78 is 0. The van der Waals surface area contributed by atoms with Gasteiger partial charge in [0.25, 0.3) is 0 Å². The zero-order valence-electron chi connectivity index (χ0n) is 19.8. The average Bonchev–Trinajstić information content (AvgIpc) is 2.86. The Morgan fingerprint density at radius 1 is 1.09 bits per heavy atom. The van der Waals surface area contributed by atoms with Crippen LogP contribution < -0.4 is 5.73 Å². The summed E-state index contributed by atoms with van der Waals surface area (Å²) in [6, 6.07) is 11.7. The number of benzene rings is 1. The molecule has 0 bridgehead atoms. The van der Waals surface area contributed by atoms with Crippen LogP contribution in [0.5, 0.6) is 0 Å². The van der Waals surface area contributed by atoms with Crippen molar-refractivity contribution in [1.29, 1.82) is 0 Å². The van der Waals surface area contributed by atoms with Crippen LogP contribution >= 0.6 is 11.6 Å². The number of nitrogens with zero attached hydrogens (tertiary/aromatic N) is 4. The van der Waals surface area contributed by atoms with Gasteiger partial charge in [0.05, 0.1) is 5.71 Å². The summed E-state index contributed by atoms with van der Waals surface area (Å²) in [5.41, 5.74) is 8.96. The SMILES string of the molecule is CCON=C(c1ccc(Cl)cc1)C1CCN(C(=O)C2CCN(Cc3ccnc(N)c3)CC2)CC1. The first-order chi connectivity index (χ1) is 16.5. The first-order valence-electron chi connectivity index (χ1n) is 12.2. The highest BCUT2D eigenvalue weighted by molar-refractivity contribution is 6.30. The van der Waals surface area contributed by atoms with Gasteiger partial charge in [0, 0.05) is 42.7 Å². The molecule has 4 rings (SSSR count). The zero-order valence-corrected chi connectivity index (χ0v) is 20.6. The third-order valence-electron chi connectivity index (χ3n) is 6.81. The van der Waals surface area contributed by atoms with Crippen LogP contribution in [0, 0.1) is 11.8 Å². The topological polar surface area (TPSA) is 84.0 Å². The highest BCUT2D eigenvalue weighted by Crippen LogP contribution is 2.27. The molecule has 0 aliphatic carbocycles. The number of anilines is 1. The molecule has 1 aromatic carbocycles. The number of halogens is 1. The number of pyridine rings is 1. The number of nitrogen functional groups attached to an aromatic ring is 1. The van der Waals surface area contributed by atoms with Crippen LogP contribution in [0.15, 0.2) is 47.8 Å². The van der Waals surface area contributed by atoms with Gasteiger partial charge in [-0.1, -0.05) is 28.9 Å². The molecule has 2 aliphatic heterocycles. The molecule has 2 fully saturated rings. The maximum absolute atomic E-state index is 13.2. The van der Waals surface area contributed by atoms with E-state index in [9.17, 15) is 4.79 Å². The average molecular weight is 484 g/mol. The third-order valence-corrected chi connectivity index (χ3v) is 7.07. The number of aromatic nitrogens is 1. The van der Waals surface area contributed by atoms with E-state index in [1.807, 2.05) is 43.3 Å². The van der Waals surface area contributed by atoms with Crippen molar-refractivity contribution in [3.63, 3.8) is 0 Å². The summed E-state index contributed by atoms with van der Waals surface area (Å²) in [7, 11) is 0. The van der Waals surface area contributed by atoms with Crippen LogP contribution in [0.25, 0.3) is 0 Å². The monoisotopic (exact) mass is 483 g/mol. The summed E-state index contributed by atoms with van der Waals surface area (Å²) in [6.45, 7) is 6.69. The van der Waals surface area contributed by atoms with Gasteiger partial charge in [-0.25, -0.2) is 4.98 Å². The van der Waals surface area contributed by atoms with Gasteiger partial charge in [-0.3, -0.25) is 9.69 Å². The number of hydrogen-bond acceptors (Lipinski definition) is 6. The van der Waals surface area contributed by atoms with Crippen LogP contribution in [-0.2, 0) is 16.2 Å². The molecule has 182 valence electrons. The van der Waals surface area contributed by atoms with Crippen molar-refractivity contribution >= 4 is 29.0 Å². The Labute approximate surface area is 206 Å². The Hall–Kier alpha value is -2.64. The Balaban J connectivity index is 1.29. The molecule has 0 radical (unpaired) electrons. The molecule has 1 amide bonds. The fourth-order valence-electron chi connectivity index (χ4n) is 4.94. The van der Waals surface area contributed by atoms with Crippen LogP contribution in [0.3, 0.4) is 0 Å².